The fourth-order valence-electron chi connectivity index (χ4n) is 4.18. The molecule has 0 spiro atoms. The first kappa shape index (κ1) is 22.0. The normalized spacial score (nSPS) is 19.2. The standard InChI is InChI=1S/C23H28FN5O3/c1-3-32-23(31)28-13-11-27(12-14-28)16-22(30)29-21(20-5-4-10-26(20)2)15-19(25-29)17-6-8-18(24)9-7-17/h4-10,21H,3,11-16H2,1-2H3. The van der Waals surface area contributed by atoms with E-state index in [0.29, 0.717) is 39.2 Å². The number of aryl methyl sites for hydroxylation is 1. The van der Waals surface area contributed by atoms with E-state index in [1.165, 1.54) is 12.1 Å². The predicted molar refractivity (Wildman–Crippen MR) is 118 cm³/mol. The molecule has 1 aromatic carbocycles. The van der Waals surface area contributed by atoms with E-state index in [2.05, 4.69) is 5.10 Å². The van der Waals surface area contributed by atoms with Crippen molar-refractivity contribution in [1.29, 1.82) is 0 Å². The molecule has 0 saturated carbocycles. The summed E-state index contributed by atoms with van der Waals surface area (Å²) in [5.41, 5.74) is 2.56. The molecule has 1 atom stereocenters. The maximum Gasteiger partial charge on any atom is 0.409 e. The Morgan fingerprint density at radius 3 is 2.47 bits per heavy atom. The van der Waals surface area contributed by atoms with E-state index < -0.39 is 0 Å². The molecule has 2 aliphatic rings. The van der Waals surface area contributed by atoms with E-state index in [4.69, 9.17) is 4.74 Å². The summed E-state index contributed by atoms with van der Waals surface area (Å²) in [7, 11) is 1.95. The summed E-state index contributed by atoms with van der Waals surface area (Å²) >= 11 is 0. The Labute approximate surface area is 186 Å². The molecule has 1 saturated heterocycles. The number of rotatable bonds is 5. The Balaban J connectivity index is 1.47. The van der Waals surface area contributed by atoms with Gasteiger partial charge in [0.2, 0.25) is 0 Å². The number of hydrazone groups is 1. The van der Waals surface area contributed by atoms with Gasteiger partial charge in [0.25, 0.3) is 5.91 Å². The zero-order valence-electron chi connectivity index (χ0n) is 18.4. The fourth-order valence-corrected chi connectivity index (χ4v) is 4.18. The molecule has 0 aliphatic carbocycles. The van der Waals surface area contributed by atoms with Crippen molar-refractivity contribution in [2.75, 3.05) is 39.3 Å². The zero-order valence-corrected chi connectivity index (χ0v) is 18.4. The lowest BCUT2D eigenvalue weighted by Crippen LogP contribution is -2.51. The molecule has 9 heteroatoms. The number of nitrogens with zero attached hydrogens (tertiary/aromatic N) is 5. The van der Waals surface area contributed by atoms with E-state index in [0.717, 1.165) is 17.0 Å². The molecular formula is C23H28FN5O3. The average Bonchev–Trinajstić information content (AvgIpc) is 3.41. The molecule has 2 aromatic rings. The van der Waals surface area contributed by atoms with Crippen LogP contribution in [0.2, 0.25) is 0 Å². The number of hydrogen-bond donors (Lipinski definition) is 0. The van der Waals surface area contributed by atoms with Crippen molar-refractivity contribution < 1.29 is 18.7 Å². The number of halogens is 1. The van der Waals surface area contributed by atoms with Crippen LogP contribution in [0.3, 0.4) is 0 Å². The predicted octanol–water partition coefficient (Wildman–Crippen LogP) is 2.62. The molecular weight excluding hydrogens is 413 g/mol. The third-order valence-corrected chi connectivity index (χ3v) is 5.93. The first-order valence-corrected chi connectivity index (χ1v) is 10.9. The second-order valence-corrected chi connectivity index (χ2v) is 8.02. The van der Waals surface area contributed by atoms with Crippen LogP contribution in [0.1, 0.15) is 30.6 Å². The summed E-state index contributed by atoms with van der Waals surface area (Å²) < 4.78 is 20.4. The maximum absolute atomic E-state index is 13.4. The summed E-state index contributed by atoms with van der Waals surface area (Å²) in [5, 5.41) is 6.21. The maximum atomic E-state index is 13.4. The SMILES string of the molecule is CCOC(=O)N1CCN(CC(=O)N2N=C(c3ccc(F)cc3)CC2c2cccn2C)CC1. The molecule has 3 heterocycles. The molecule has 2 aliphatic heterocycles. The topological polar surface area (TPSA) is 70.4 Å². The molecule has 0 radical (unpaired) electrons. The highest BCUT2D eigenvalue weighted by Crippen LogP contribution is 2.33. The number of piperazine rings is 1. The Kier molecular flexibility index (Phi) is 6.55. The highest BCUT2D eigenvalue weighted by molar-refractivity contribution is 6.03. The second-order valence-electron chi connectivity index (χ2n) is 8.02. The van der Waals surface area contributed by atoms with Gasteiger partial charge in [-0.05, 0) is 36.8 Å². The monoisotopic (exact) mass is 441 g/mol. The summed E-state index contributed by atoms with van der Waals surface area (Å²) in [6.45, 7) is 4.60. The van der Waals surface area contributed by atoms with Gasteiger partial charge in [0.15, 0.2) is 0 Å². The van der Waals surface area contributed by atoms with Gasteiger partial charge in [0.1, 0.15) is 11.9 Å². The lowest BCUT2D eigenvalue weighted by Gasteiger charge is -2.34. The second kappa shape index (κ2) is 9.52. The van der Waals surface area contributed by atoms with Crippen molar-refractivity contribution in [3.63, 3.8) is 0 Å². The van der Waals surface area contributed by atoms with E-state index in [9.17, 15) is 14.0 Å². The Morgan fingerprint density at radius 1 is 1.12 bits per heavy atom. The Morgan fingerprint density at radius 2 is 1.84 bits per heavy atom. The molecule has 1 aromatic heterocycles. The highest BCUT2D eigenvalue weighted by atomic mass is 19.1. The van der Waals surface area contributed by atoms with Gasteiger partial charge in [-0.25, -0.2) is 14.2 Å². The van der Waals surface area contributed by atoms with Crippen LogP contribution in [0, 0.1) is 5.82 Å². The smallest absolute Gasteiger partial charge is 0.409 e. The van der Waals surface area contributed by atoms with Crippen molar-refractivity contribution in [2.24, 2.45) is 12.1 Å². The minimum absolute atomic E-state index is 0.0992. The molecule has 1 fully saturated rings. The zero-order chi connectivity index (χ0) is 22.7. The van der Waals surface area contributed by atoms with Crippen LogP contribution in [-0.2, 0) is 16.6 Å². The summed E-state index contributed by atoms with van der Waals surface area (Å²) in [5.74, 6) is -0.404. The van der Waals surface area contributed by atoms with Crippen molar-refractivity contribution in [1.82, 2.24) is 19.4 Å². The first-order chi connectivity index (χ1) is 15.5. The largest absolute Gasteiger partial charge is 0.450 e. The quantitative estimate of drug-likeness (QED) is 0.715. The van der Waals surface area contributed by atoms with Gasteiger partial charge in [0, 0.05) is 51.5 Å². The van der Waals surface area contributed by atoms with E-state index >= 15 is 0 Å². The van der Waals surface area contributed by atoms with Crippen molar-refractivity contribution >= 4 is 17.7 Å². The van der Waals surface area contributed by atoms with E-state index in [-0.39, 0.29) is 30.4 Å². The lowest BCUT2D eigenvalue weighted by atomic mass is 10.0. The van der Waals surface area contributed by atoms with Crippen LogP contribution in [-0.4, -0.2) is 76.4 Å². The number of ether oxygens (including phenoxy) is 1. The molecule has 2 amide bonds. The van der Waals surface area contributed by atoms with Crippen LogP contribution in [0.4, 0.5) is 9.18 Å². The van der Waals surface area contributed by atoms with Gasteiger partial charge < -0.3 is 14.2 Å². The van der Waals surface area contributed by atoms with E-state index in [1.807, 2.05) is 34.8 Å². The molecule has 0 N–H and O–H groups in total. The number of hydrogen-bond acceptors (Lipinski definition) is 5. The van der Waals surface area contributed by atoms with Gasteiger partial charge >= 0.3 is 6.09 Å². The van der Waals surface area contributed by atoms with Crippen LogP contribution in [0.15, 0.2) is 47.7 Å². The molecule has 32 heavy (non-hydrogen) atoms. The minimum atomic E-state index is -0.310. The number of benzene rings is 1. The summed E-state index contributed by atoms with van der Waals surface area (Å²) in [4.78, 5) is 28.9. The van der Waals surface area contributed by atoms with Crippen molar-refractivity contribution in [3.05, 3.63) is 59.7 Å². The number of aromatic nitrogens is 1. The number of carbonyl (C=O) groups is 2. The highest BCUT2D eigenvalue weighted by Gasteiger charge is 2.35. The summed E-state index contributed by atoms with van der Waals surface area (Å²) in [6.07, 6.45) is 2.20. The van der Waals surface area contributed by atoms with Gasteiger partial charge in [-0.2, -0.15) is 5.10 Å². The number of carbonyl (C=O) groups excluding carboxylic acids is 2. The van der Waals surface area contributed by atoms with Crippen LogP contribution in [0.5, 0.6) is 0 Å². The average molecular weight is 442 g/mol. The Bertz CT molecular complexity index is 995. The third kappa shape index (κ3) is 4.67. The molecule has 8 nitrogen and oxygen atoms in total. The molecule has 1 unspecified atom stereocenters. The van der Waals surface area contributed by atoms with Crippen LogP contribution in [0.25, 0.3) is 0 Å². The first-order valence-electron chi connectivity index (χ1n) is 10.9. The van der Waals surface area contributed by atoms with Gasteiger partial charge in [0.05, 0.1) is 18.9 Å². The van der Waals surface area contributed by atoms with Gasteiger partial charge in [-0.15, -0.1) is 0 Å². The molecule has 170 valence electrons. The van der Waals surface area contributed by atoms with Gasteiger partial charge in [-0.3, -0.25) is 9.69 Å². The molecule has 4 rings (SSSR count). The number of amides is 2. The Hall–Kier alpha value is -3.20. The van der Waals surface area contributed by atoms with Crippen molar-refractivity contribution in [2.45, 2.75) is 19.4 Å². The van der Waals surface area contributed by atoms with E-state index in [1.54, 1.807) is 29.0 Å². The summed E-state index contributed by atoms with van der Waals surface area (Å²) in [6, 6.07) is 9.92. The molecule has 0 bridgehead atoms. The van der Waals surface area contributed by atoms with Crippen LogP contribution < -0.4 is 0 Å². The van der Waals surface area contributed by atoms with Crippen molar-refractivity contribution in [3.8, 4) is 0 Å². The minimum Gasteiger partial charge on any atom is -0.450 e. The van der Waals surface area contributed by atoms with Crippen LogP contribution >= 0.6 is 0 Å². The lowest BCUT2D eigenvalue weighted by molar-refractivity contribution is -0.134. The fraction of sp³-hybridized carbons (Fsp3) is 0.435. The third-order valence-electron chi connectivity index (χ3n) is 5.93. The van der Waals surface area contributed by atoms with Gasteiger partial charge in [-0.1, -0.05) is 12.1 Å².